The Balaban J connectivity index is 1.82. The Morgan fingerprint density at radius 3 is 2.23 bits per heavy atom. The van der Waals surface area contributed by atoms with Gasteiger partial charge in [-0.25, -0.2) is 0 Å². The molecule has 0 bridgehead atoms. The van der Waals surface area contributed by atoms with Crippen molar-refractivity contribution in [1.82, 2.24) is 0 Å². The molecular formula is C22H20I2N2O4. The van der Waals surface area contributed by atoms with Gasteiger partial charge in [0.15, 0.2) is 5.75 Å². The summed E-state index contributed by atoms with van der Waals surface area (Å²) in [6, 6.07) is 15.4. The van der Waals surface area contributed by atoms with E-state index in [1.165, 1.54) is 0 Å². The number of aromatic hydroxyl groups is 1. The number of halogens is 2. The molecule has 8 heteroatoms. The van der Waals surface area contributed by atoms with Crippen molar-refractivity contribution in [1.29, 1.82) is 0 Å². The lowest BCUT2D eigenvalue weighted by Crippen LogP contribution is -2.32. The van der Waals surface area contributed by atoms with Crippen LogP contribution < -0.4 is 16.2 Å². The first-order valence-electron chi connectivity index (χ1n) is 9.03. The summed E-state index contributed by atoms with van der Waals surface area (Å²) in [6.45, 7) is 0. The van der Waals surface area contributed by atoms with E-state index in [9.17, 15) is 9.90 Å². The van der Waals surface area contributed by atoms with Crippen LogP contribution in [0.4, 0.5) is 5.69 Å². The van der Waals surface area contributed by atoms with Gasteiger partial charge in [0, 0.05) is 17.7 Å². The first-order valence-corrected chi connectivity index (χ1v) is 11.2. The fourth-order valence-electron chi connectivity index (χ4n) is 2.91. The third kappa shape index (κ3) is 5.76. The van der Waals surface area contributed by atoms with Gasteiger partial charge in [0.2, 0.25) is 0 Å². The molecule has 0 aliphatic rings. The normalized spacial score (nSPS) is 11.8. The van der Waals surface area contributed by atoms with E-state index in [2.05, 4.69) is 45.2 Å². The molecule has 0 heterocycles. The van der Waals surface area contributed by atoms with Gasteiger partial charge in [-0.15, -0.1) is 0 Å². The molecule has 1 atom stereocenters. The molecule has 6 nitrogen and oxygen atoms in total. The van der Waals surface area contributed by atoms with Gasteiger partial charge in [-0.05, 0) is 105 Å². The lowest BCUT2D eigenvalue weighted by atomic mass is 10.0. The predicted molar refractivity (Wildman–Crippen MR) is 133 cm³/mol. The topological polar surface area (TPSA) is 119 Å². The molecule has 0 saturated heterocycles. The first-order chi connectivity index (χ1) is 14.2. The van der Waals surface area contributed by atoms with Gasteiger partial charge in [0.1, 0.15) is 17.5 Å². The standard InChI is InChI=1S/C22H20I2N2O4/c23-17-8-13(10-19(26)22(28)29)9-18(24)21(17)30-16-5-6-20(27)14(11-16)7-12-1-3-15(25)4-2-12/h1-6,8-9,11,19,27H,7,10,25-26H2,(H,28,29)/t19-/m0/s1. The summed E-state index contributed by atoms with van der Waals surface area (Å²) in [5.41, 5.74) is 14.7. The molecule has 3 aromatic carbocycles. The van der Waals surface area contributed by atoms with E-state index < -0.39 is 12.0 Å². The molecule has 3 aromatic rings. The fourth-order valence-corrected chi connectivity index (χ4v) is 5.03. The number of rotatable bonds is 7. The Hall–Kier alpha value is -2.05. The van der Waals surface area contributed by atoms with Crippen LogP contribution in [0.5, 0.6) is 17.2 Å². The van der Waals surface area contributed by atoms with Gasteiger partial charge in [-0.3, -0.25) is 4.79 Å². The maximum Gasteiger partial charge on any atom is 0.320 e. The number of ether oxygens (including phenoxy) is 1. The van der Waals surface area contributed by atoms with Gasteiger partial charge >= 0.3 is 5.97 Å². The Kier molecular flexibility index (Phi) is 7.42. The summed E-state index contributed by atoms with van der Waals surface area (Å²) in [4.78, 5) is 11.0. The maximum absolute atomic E-state index is 11.0. The van der Waals surface area contributed by atoms with Crippen LogP contribution in [0.2, 0.25) is 0 Å². The van der Waals surface area contributed by atoms with Crippen molar-refractivity contribution in [2.24, 2.45) is 5.73 Å². The molecule has 3 rings (SSSR count). The minimum Gasteiger partial charge on any atom is -0.508 e. The van der Waals surface area contributed by atoms with Gasteiger partial charge in [0.25, 0.3) is 0 Å². The van der Waals surface area contributed by atoms with Crippen molar-refractivity contribution in [3.63, 3.8) is 0 Å². The number of phenols is 1. The fraction of sp³-hybridized carbons (Fsp3) is 0.136. The second kappa shape index (κ2) is 9.84. The second-order valence-corrected chi connectivity index (χ2v) is 9.17. The first kappa shape index (κ1) is 22.6. The van der Waals surface area contributed by atoms with Crippen LogP contribution in [0.1, 0.15) is 16.7 Å². The molecule has 0 amide bonds. The van der Waals surface area contributed by atoms with Crippen LogP contribution in [0.25, 0.3) is 0 Å². The number of carbonyl (C=O) groups is 1. The number of hydrogen-bond acceptors (Lipinski definition) is 5. The number of carboxylic acids is 1. The van der Waals surface area contributed by atoms with E-state index in [1.54, 1.807) is 12.1 Å². The van der Waals surface area contributed by atoms with Crippen molar-refractivity contribution in [3.05, 3.63) is 78.4 Å². The summed E-state index contributed by atoms with van der Waals surface area (Å²) in [5, 5.41) is 19.3. The van der Waals surface area contributed by atoms with E-state index in [4.69, 9.17) is 21.3 Å². The summed E-state index contributed by atoms with van der Waals surface area (Å²) in [5.74, 6) is 0.441. The van der Waals surface area contributed by atoms with Crippen LogP contribution in [0, 0.1) is 7.14 Å². The molecule has 0 spiro atoms. The smallest absolute Gasteiger partial charge is 0.320 e. The number of carboxylic acid groups (broad SMARTS) is 1. The van der Waals surface area contributed by atoms with Crippen molar-refractivity contribution >= 4 is 56.8 Å². The summed E-state index contributed by atoms with van der Waals surface area (Å²) in [6.07, 6.45) is 0.788. The number of hydrogen-bond donors (Lipinski definition) is 4. The number of aliphatic carboxylic acids is 1. The highest BCUT2D eigenvalue weighted by atomic mass is 127. The van der Waals surface area contributed by atoms with E-state index >= 15 is 0 Å². The quantitative estimate of drug-likeness (QED) is 0.225. The summed E-state index contributed by atoms with van der Waals surface area (Å²) >= 11 is 4.32. The molecular weight excluding hydrogens is 610 g/mol. The minimum atomic E-state index is -1.03. The van der Waals surface area contributed by atoms with Gasteiger partial charge in [0.05, 0.1) is 7.14 Å². The Morgan fingerprint density at radius 1 is 1.00 bits per heavy atom. The van der Waals surface area contributed by atoms with Gasteiger partial charge in [-0.1, -0.05) is 12.1 Å². The summed E-state index contributed by atoms with van der Waals surface area (Å²) in [7, 11) is 0. The lowest BCUT2D eigenvalue weighted by Gasteiger charge is -2.14. The zero-order chi connectivity index (χ0) is 21.8. The van der Waals surface area contributed by atoms with Crippen LogP contribution in [-0.2, 0) is 17.6 Å². The molecule has 0 radical (unpaired) electrons. The van der Waals surface area contributed by atoms with Crippen LogP contribution >= 0.6 is 45.2 Å². The van der Waals surface area contributed by atoms with Crippen LogP contribution in [-0.4, -0.2) is 22.2 Å². The number of nitrogen functional groups attached to an aromatic ring is 1. The number of nitrogens with two attached hydrogens (primary N) is 2. The Morgan fingerprint density at radius 2 is 1.63 bits per heavy atom. The van der Waals surface area contributed by atoms with Crippen LogP contribution in [0.3, 0.4) is 0 Å². The van der Waals surface area contributed by atoms with E-state index in [-0.39, 0.29) is 12.2 Å². The number of anilines is 1. The maximum atomic E-state index is 11.0. The highest BCUT2D eigenvalue weighted by molar-refractivity contribution is 14.1. The van der Waals surface area contributed by atoms with E-state index in [1.807, 2.05) is 42.5 Å². The monoisotopic (exact) mass is 630 g/mol. The van der Waals surface area contributed by atoms with Crippen molar-refractivity contribution in [3.8, 4) is 17.2 Å². The van der Waals surface area contributed by atoms with Crippen molar-refractivity contribution in [2.75, 3.05) is 5.73 Å². The van der Waals surface area contributed by atoms with Crippen molar-refractivity contribution < 1.29 is 19.7 Å². The van der Waals surface area contributed by atoms with E-state index in [0.717, 1.165) is 23.8 Å². The predicted octanol–water partition coefficient (Wildman–Crippen LogP) is 4.52. The molecule has 0 aliphatic carbocycles. The average Bonchev–Trinajstić information content (AvgIpc) is 2.68. The Labute approximate surface area is 201 Å². The van der Waals surface area contributed by atoms with Gasteiger partial charge < -0.3 is 26.4 Å². The van der Waals surface area contributed by atoms with Gasteiger partial charge in [-0.2, -0.15) is 0 Å². The van der Waals surface area contributed by atoms with Crippen molar-refractivity contribution in [2.45, 2.75) is 18.9 Å². The third-order valence-corrected chi connectivity index (χ3v) is 6.08. The number of benzene rings is 3. The zero-order valence-corrected chi connectivity index (χ0v) is 20.1. The highest BCUT2D eigenvalue weighted by Crippen LogP contribution is 2.35. The second-order valence-electron chi connectivity index (χ2n) is 6.85. The highest BCUT2D eigenvalue weighted by Gasteiger charge is 2.16. The SMILES string of the molecule is Nc1ccc(Cc2cc(Oc3c(I)cc(C[C@H](N)C(=O)O)cc3I)ccc2O)cc1. The van der Waals surface area contributed by atoms with E-state index in [0.29, 0.717) is 23.6 Å². The molecule has 0 aliphatic heterocycles. The Bertz CT molecular complexity index is 1050. The molecule has 0 fully saturated rings. The number of phenolic OH excluding ortho intramolecular Hbond substituents is 1. The lowest BCUT2D eigenvalue weighted by molar-refractivity contribution is -0.138. The average molecular weight is 630 g/mol. The molecule has 30 heavy (non-hydrogen) atoms. The summed E-state index contributed by atoms with van der Waals surface area (Å²) < 4.78 is 7.80. The van der Waals surface area contributed by atoms with Crippen LogP contribution in [0.15, 0.2) is 54.6 Å². The molecule has 0 saturated carbocycles. The largest absolute Gasteiger partial charge is 0.508 e. The molecule has 0 aromatic heterocycles. The molecule has 0 unspecified atom stereocenters. The zero-order valence-electron chi connectivity index (χ0n) is 15.8. The minimum absolute atomic E-state index is 0.196. The molecule has 156 valence electrons. The third-order valence-electron chi connectivity index (χ3n) is 4.48. The molecule has 6 N–H and O–H groups in total.